The highest BCUT2D eigenvalue weighted by Gasteiger charge is 2.33. The number of benzene rings is 1. The molecule has 1 aliphatic rings. The van der Waals surface area contributed by atoms with Gasteiger partial charge in [0.1, 0.15) is 17.5 Å². The van der Waals surface area contributed by atoms with Gasteiger partial charge in [0.25, 0.3) is 0 Å². The standard InChI is InChI=1S/C22H32FN5O/c1-15(2)21-14-26(13-19-8-6-7-9-20(19)23)10-11-27(21)22(29)12-16(3)28-18(5)24-17(4)25-28/h6-9,15-16,21H,10-14H2,1-5H3/t16-,21+/m0/s1. The SMILES string of the molecule is Cc1nc(C)n([C@@H](C)CC(=O)N2CCN(Cc3ccccc3F)C[C@@H]2C(C)C)n1. The maximum Gasteiger partial charge on any atom is 0.225 e. The molecule has 0 aliphatic carbocycles. The largest absolute Gasteiger partial charge is 0.337 e. The molecule has 6 nitrogen and oxygen atoms in total. The van der Waals surface area contributed by atoms with E-state index in [1.165, 1.54) is 6.07 Å². The fourth-order valence-corrected chi connectivity index (χ4v) is 4.17. The van der Waals surface area contributed by atoms with Crippen LogP contribution in [0.1, 0.15) is 50.4 Å². The lowest BCUT2D eigenvalue weighted by molar-refractivity contribution is -0.138. The Morgan fingerprint density at radius 1 is 1.21 bits per heavy atom. The Morgan fingerprint density at radius 3 is 2.55 bits per heavy atom. The van der Waals surface area contributed by atoms with Crippen molar-refractivity contribution in [1.82, 2.24) is 24.6 Å². The minimum absolute atomic E-state index is 0.0343. The zero-order chi connectivity index (χ0) is 21.1. The molecule has 0 spiro atoms. The third kappa shape index (κ3) is 5.01. The molecule has 0 saturated carbocycles. The number of nitrogens with zero attached hydrogens (tertiary/aromatic N) is 5. The van der Waals surface area contributed by atoms with Crippen LogP contribution in [0.2, 0.25) is 0 Å². The zero-order valence-electron chi connectivity index (χ0n) is 18.1. The first kappa shape index (κ1) is 21.4. The first-order valence-corrected chi connectivity index (χ1v) is 10.4. The van der Waals surface area contributed by atoms with E-state index in [-0.39, 0.29) is 23.8 Å². The number of amides is 1. The van der Waals surface area contributed by atoms with E-state index in [1.807, 2.05) is 42.5 Å². The Morgan fingerprint density at radius 2 is 1.93 bits per heavy atom. The van der Waals surface area contributed by atoms with Crippen LogP contribution in [-0.2, 0) is 11.3 Å². The maximum absolute atomic E-state index is 14.0. The fraction of sp³-hybridized carbons (Fsp3) is 0.591. The van der Waals surface area contributed by atoms with Crippen molar-refractivity contribution in [1.29, 1.82) is 0 Å². The summed E-state index contributed by atoms with van der Waals surface area (Å²) in [4.78, 5) is 21.7. The van der Waals surface area contributed by atoms with Crippen LogP contribution in [0.15, 0.2) is 24.3 Å². The Kier molecular flexibility index (Phi) is 6.67. The van der Waals surface area contributed by atoms with Crippen LogP contribution in [-0.4, -0.2) is 56.1 Å². The van der Waals surface area contributed by atoms with Crippen LogP contribution < -0.4 is 0 Å². The number of rotatable bonds is 6. The molecule has 2 heterocycles. The third-order valence-corrected chi connectivity index (χ3v) is 5.74. The van der Waals surface area contributed by atoms with Gasteiger partial charge in [0.15, 0.2) is 0 Å². The van der Waals surface area contributed by atoms with Crippen LogP contribution in [0.4, 0.5) is 4.39 Å². The third-order valence-electron chi connectivity index (χ3n) is 5.74. The van der Waals surface area contributed by atoms with Crippen LogP contribution in [0.3, 0.4) is 0 Å². The quantitative estimate of drug-likeness (QED) is 0.745. The van der Waals surface area contributed by atoms with Crippen LogP contribution in [0, 0.1) is 25.6 Å². The molecule has 3 rings (SSSR count). The summed E-state index contributed by atoms with van der Waals surface area (Å²) in [5, 5.41) is 4.42. The molecule has 1 saturated heterocycles. The van der Waals surface area contributed by atoms with Gasteiger partial charge in [-0.05, 0) is 32.8 Å². The van der Waals surface area contributed by atoms with E-state index >= 15 is 0 Å². The number of carbonyl (C=O) groups excluding carboxylic acids is 1. The topological polar surface area (TPSA) is 54.3 Å². The summed E-state index contributed by atoms with van der Waals surface area (Å²) in [6.07, 6.45) is 0.403. The second kappa shape index (κ2) is 9.03. The molecule has 29 heavy (non-hydrogen) atoms. The molecule has 1 amide bonds. The fourth-order valence-electron chi connectivity index (χ4n) is 4.17. The average molecular weight is 402 g/mol. The van der Waals surface area contributed by atoms with Gasteiger partial charge < -0.3 is 4.90 Å². The lowest BCUT2D eigenvalue weighted by Gasteiger charge is -2.44. The lowest BCUT2D eigenvalue weighted by atomic mass is 9.98. The molecule has 2 atom stereocenters. The predicted molar refractivity (Wildman–Crippen MR) is 111 cm³/mol. The lowest BCUT2D eigenvalue weighted by Crippen LogP contribution is -2.57. The zero-order valence-corrected chi connectivity index (χ0v) is 18.1. The number of aryl methyl sites for hydroxylation is 2. The molecule has 0 unspecified atom stereocenters. The van der Waals surface area contributed by atoms with E-state index < -0.39 is 0 Å². The van der Waals surface area contributed by atoms with Crippen molar-refractivity contribution in [2.75, 3.05) is 19.6 Å². The molecule has 2 aromatic rings. The van der Waals surface area contributed by atoms with Crippen LogP contribution >= 0.6 is 0 Å². The summed E-state index contributed by atoms with van der Waals surface area (Å²) in [7, 11) is 0. The van der Waals surface area contributed by atoms with Gasteiger partial charge in [-0.3, -0.25) is 9.69 Å². The van der Waals surface area contributed by atoms with E-state index in [1.54, 1.807) is 6.07 Å². The number of piperazine rings is 1. The molecule has 0 bridgehead atoms. The molecule has 0 N–H and O–H groups in total. The van der Waals surface area contributed by atoms with Gasteiger partial charge in [0.05, 0.1) is 6.04 Å². The number of hydrogen-bond donors (Lipinski definition) is 0. The summed E-state index contributed by atoms with van der Waals surface area (Å²) in [6.45, 7) is 12.8. The number of aromatic nitrogens is 3. The van der Waals surface area contributed by atoms with Gasteiger partial charge in [0.2, 0.25) is 5.91 Å². The Balaban J connectivity index is 1.66. The van der Waals surface area contributed by atoms with E-state index in [9.17, 15) is 9.18 Å². The highest BCUT2D eigenvalue weighted by molar-refractivity contribution is 5.77. The molecule has 158 valence electrons. The molecule has 1 fully saturated rings. The smallest absolute Gasteiger partial charge is 0.225 e. The maximum atomic E-state index is 14.0. The van der Waals surface area contributed by atoms with E-state index in [0.29, 0.717) is 31.0 Å². The number of carbonyl (C=O) groups is 1. The van der Waals surface area contributed by atoms with Gasteiger partial charge in [0, 0.05) is 44.2 Å². The molecule has 1 aromatic heterocycles. The first-order valence-electron chi connectivity index (χ1n) is 10.4. The molecule has 1 aliphatic heterocycles. The second-order valence-electron chi connectivity index (χ2n) is 8.43. The molecule has 7 heteroatoms. The molecular formula is C22H32FN5O. The van der Waals surface area contributed by atoms with Gasteiger partial charge in [-0.25, -0.2) is 14.1 Å². The monoisotopic (exact) mass is 401 g/mol. The highest BCUT2D eigenvalue weighted by atomic mass is 19.1. The highest BCUT2D eigenvalue weighted by Crippen LogP contribution is 2.23. The molecule has 1 aromatic carbocycles. The van der Waals surface area contributed by atoms with Crippen molar-refractivity contribution in [3.05, 3.63) is 47.3 Å². The van der Waals surface area contributed by atoms with Gasteiger partial charge in [-0.15, -0.1) is 0 Å². The number of halogens is 1. The molecule has 0 radical (unpaired) electrons. The minimum atomic E-state index is -0.167. The van der Waals surface area contributed by atoms with E-state index in [4.69, 9.17) is 0 Å². The second-order valence-corrected chi connectivity index (χ2v) is 8.43. The average Bonchev–Trinajstić information content (AvgIpc) is 3.01. The normalized spacial score (nSPS) is 19.0. The van der Waals surface area contributed by atoms with E-state index in [0.717, 1.165) is 24.7 Å². The van der Waals surface area contributed by atoms with Crippen molar-refractivity contribution in [2.24, 2.45) is 5.92 Å². The van der Waals surface area contributed by atoms with Crippen molar-refractivity contribution >= 4 is 5.91 Å². The van der Waals surface area contributed by atoms with Gasteiger partial charge >= 0.3 is 0 Å². The minimum Gasteiger partial charge on any atom is -0.337 e. The van der Waals surface area contributed by atoms with Gasteiger partial charge in [-0.2, -0.15) is 5.10 Å². The summed E-state index contributed by atoms with van der Waals surface area (Å²) < 4.78 is 15.9. The van der Waals surface area contributed by atoms with Crippen LogP contribution in [0.25, 0.3) is 0 Å². The summed E-state index contributed by atoms with van der Waals surface area (Å²) >= 11 is 0. The van der Waals surface area contributed by atoms with Crippen molar-refractivity contribution in [3.63, 3.8) is 0 Å². The summed E-state index contributed by atoms with van der Waals surface area (Å²) in [6, 6.07) is 7.01. The molecular weight excluding hydrogens is 369 g/mol. The van der Waals surface area contributed by atoms with Crippen molar-refractivity contribution < 1.29 is 9.18 Å². The van der Waals surface area contributed by atoms with Gasteiger partial charge in [-0.1, -0.05) is 32.0 Å². The van der Waals surface area contributed by atoms with Crippen molar-refractivity contribution in [2.45, 2.75) is 59.7 Å². The van der Waals surface area contributed by atoms with E-state index in [2.05, 4.69) is 28.8 Å². The Hall–Kier alpha value is -2.28. The summed E-state index contributed by atoms with van der Waals surface area (Å²) in [5.74, 6) is 1.86. The van der Waals surface area contributed by atoms with Crippen molar-refractivity contribution in [3.8, 4) is 0 Å². The van der Waals surface area contributed by atoms with Crippen LogP contribution in [0.5, 0.6) is 0 Å². The Bertz CT molecular complexity index is 849. The first-order chi connectivity index (χ1) is 13.8. The Labute approximate surface area is 172 Å². The predicted octanol–water partition coefficient (Wildman–Crippen LogP) is 3.35. The number of hydrogen-bond acceptors (Lipinski definition) is 4. The summed E-state index contributed by atoms with van der Waals surface area (Å²) in [5.41, 5.74) is 0.709.